The van der Waals surface area contributed by atoms with Crippen molar-refractivity contribution in [3.63, 3.8) is 0 Å². The Morgan fingerprint density at radius 2 is 1.87 bits per heavy atom. The van der Waals surface area contributed by atoms with Gasteiger partial charge in [0.2, 0.25) is 5.91 Å². The van der Waals surface area contributed by atoms with Crippen LogP contribution in [0.4, 0.5) is 0 Å². The Morgan fingerprint density at radius 3 is 2.48 bits per heavy atom. The summed E-state index contributed by atoms with van der Waals surface area (Å²) in [7, 11) is 1.64. The maximum atomic E-state index is 12.1. The molecule has 0 aliphatic rings. The SMILES string of the molecule is COc1ccc(SCC(=O)NC(C)c2ccc(C)cc2C)cc1. The quantitative estimate of drug-likeness (QED) is 0.804. The van der Waals surface area contributed by atoms with E-state index in [-0.39, 0.29) is 11.9 Å². The molecule has 0 bridgehead atoms. The fraction of sp³-hybridized carbons (Fsp3) is 0.316. The minimum atomic E-state index is 0.0135. The first-order valence-electron chi connectivity index (χ1n) is 7.63. The summed E-state index contributed by atoms with van der Waals surface area (Å²) in [6.07, 6.45) is 0. The van der Waals surface area contributed by atoms with Gasteiger partial charge in [-0.1, -0.05) is 23.8 Å². The lowest BCUT2D eigenvalue weighted by atomic mass is 10.0. The van der Waals surface area contributed by atoms with E-state index in [9.17, 15) is 4.79 Å². The number of nitrogens with one attached hydrogen (secondary N) is 1. The van der Waals surface area contributed by atoms with E-state index in [0.29, 0.717) is 5.75 Å². The van der Waals surface area contributed by atoms with Gasteiger partial charge in [0, 0.05) is 4.90 Å². The molecule has 1 atom stereocenters. The Balaban J connectivity index is 1.88. The molecule has 2 rings (SSSR count). The van der Waals surface area contributed by atoms with Crippen molar-refractivity contribution in [1.82, 2.24) is 5.32 Å². The summed E-state index contributed by atoms with van der Waals surface area (Å²) in [5.41, 5.74) is 3.61. The molecule has 23 heavy (non-hydrogen) atoms. The van der Waals surface area contributed by atoms with Gasteiger partial charge in [-0.2, -0.15) is 0 Å². The molecule has 0 radical (unpaired) electrons. The van der Waals surface area contributed by atoms with Crippen molar-refractivity contribution >= 4 is 17.7 Å². The largest absolute Gasteiger partial charge is 0.497 e. The summed E-state index contributed by atoms with van der Waals surface area (Å²) in [6.45, 7) is 6.18. The molecule has 4 heteroatoms. The number of rotatable bonds is 6. The third-order valence-electron chi connectivity index (χ3n) is 3.70. The number of aryl methyl sites for hydroxylation is 2. The van der Waals surface area contributed by atoms with Crippen molar-refractivity contribution in [2.24, 2.45) is 0 Å². The van der Waals surface area contributed by atoms with Gasteiger partial charge < -0.3 is 10.1 Å². The number of methoxy groups -OCH3 is 1. The Kier molecular flexibility index (Phi) is 6.11. The van der Waals surface area contributed by atoms with Crippen molar-refractivity contribution < 1.29 is 9.53 Å². The molecule has 2 aromatic carbocycles. The van der Waals surface area contributed by atoms with Crippen molar-refractivity contribution in [3.8, 4) is 5.75 Å². The number of thioether (sulfide) groups is 1. The van der Waals surface area contributed by atoms with E-state index in [1.54, 1.807) is 7.11 Å². The molecule has 1 amide bonds. The van der Waals surface area contributed by atoms with Gasteiger partial charge in [0.1, 0.15) is 5.75 Å². The number of hydrogen-bond donors (Lipinski definition) is 1. The van der Waals surface area contributed by atoms with Gasteiger partial charge in [0.05, 0.1) is 18.9 Å². The van der Waals surface area contributed by atoms with Crippen LogP contribution in [-0.2, 0) is 4.79 Å². The van der Waals surface area contributed by atoms with Crippen LogP contribution in [-0.4, -0.2) is 18.8 Å². The van der Waals surface area contributed by atoms with Gasteiger partial charge in [-0.15, -0.1) is 11.8 Å². The Hall–Kier alpha value is -1.94. The number of hydrogen-bond acceptors (Lipinski definition) is 3. The Labute approximate surface area is 142 Å². The zero-order chi connectivity index (χ0) is 16.8. The van der Waals surface area contributed by atoms with E-state index < -0.39 is 0 Å². The highest BCUT2D eigenvalue weighted by molar-refractivity contribution is 8.00. The average molecular weight is 329 g/mol. The highest BCUT2D eigenvalue weighted by Crippen LogP contribution is 2.22. The first-order valence-corrected chi connectivity index (χ1v) is 8.61. The number of ether oxygens (including phenoxy) is 1. The van der Waals surface area contributed by atoms with Crippen molar-refractivity contribution in [2.75, 3.05) is 12.9 Å². The molecule has 0 fully saturated rings. The average Bonchev–Trinajstić information content (AvgIpc) is 2.53. The van der Waals surface area contributed by atoms with Crippen LogP contribution in [0.2, 0.25) is 0 Å². The lowest BCUT2D eigenvalue weighted by Crippen LogP contribution is -2.28. The third-order valence-corrected chi connectivity index (χ3v) is 4.71. The fourth-order valence-electron chi connectivity index (χ4n) is 2.49. The van der Waals surface area contributed by atoms with Crippen molar-refractivity contribution in [2.45, 2.75) is 31.7 Å². The summed E-state index contributed by atoms with van der Waals surface area (Å²) in [5.74, 6) is 1.27. The van der Waals surface area contributed by atoms with Gasteiger partial charge >= 0.3 is 0 Å². The Morgan fingerprint density at radius 1 is 1.17 bits per heavy atom. The highest BCUT2D eigenvalue weighted by atomic mass is 32.2. The second kappa shape index (κ2) is 8.06. The second-order valence-corrected chi connectivity index (χ2v) is 6.66. The van der Waals surface area contributed by atoms with E-state index in [1.807, 2.05) is 31.2 Å². The van der Waals surface area contributed by atoms with E-state index >= 15 is 0 Å². The van der Waals surface area contributed by atoms with Gasteiger partial charge in [0.25, 0.3) is 0 Å². The van der Waals surface area contributed by atoms with Crippen LogP contribution in [0, 0.1) is 13.8 Å². The topological polar surface area (TPSA) is 38.3 Å². The third kappa shape index (κ3) is 5.03. The van der Waals surface area contributed by atoms with Crippen LogP contribution in [0.1, 0.15) is 29.7 Å². The summed E-state index contributed by atoms with van der Waals surface area (Å²) in [6, 6.07) is 14.1. The molecular formula is C19H23NO2S. The molecule has 1 N–H and O–H groups in total. The maximum Gasteiger partial charge on any atom is 0.230 e. The van der Waals surface area contributed by atoms with Crippen LogP contribution < -0.4 is 10.1 Å². The monoisotopic (exact) mass is 329 g/mol. The van der Waals surface area contributed by atoms with Gasteiger partial charge in [-0.05, 0) is 56.2 Å². The number of carbonyl (C=O) groups excluding carboxylic acids is 1. The van der Waals surface area contributed by atoms with Crippen molar-refractivity contribution in [1.29, 1.82) is 0 Å². The lowest BCUT2D eigenvalue weighted by Gasteiger charge is -2.17. The van der Waals surface area contributed by atoms with Crippen molar-refractivity contribution in [3.05, 3.63) is 59.2 Å². The number of carbonyl (C=O) groups is 1. The Bertz CT molecular complexity index is 668. The fourth-order valence-corrected chi connectivity index (χ4v) is 3.20. The van der Waals surface area contributed by atoms with E-state index in [4.69, 9.17) is 4.74 Å². The molecule has 0 aliphatic carbocycles. The van der Waals surface area contributed by atoms with E-state index in [1.165, 1.54) is 28.5 Å². The molecule has 0 aliphatic heterocycles. The zero-order valence-corrected chi connectivity index (χ0v) is 14.9. The standard InChI is InChI=1S/C19H23NO2S/c1-13-5-10-18(14(2)11-13)15(3)20-19(21)12-23-17-8-6-16(22-4)7-9-17/h5-11,15H,12H2,1-4H3,(H,20,21). The highest BCUT2D eigenvalue weighted by Gasteiger charge is 2.12. The normalized spacial score (nSPS) is 11.8. The predicted octanol–water partition coefficient (Wildman–Crippen LogP) is 4.28. The smallest absolute Gasteiger partial charge is 0.230 e. The van der Waals surface area contributed by atoms with E-state index in [2.05, 4.69) is 37.4 Å². The lowest BCUT2D eigenvalue weighted by molar-refractivity contribution is -0.119. The van der Waals surface area contributed by atoms with Gasteiger partial charge in [-0.25, -0.2) is 0 Å². The summed E-state index contributed by atoms with van der Waals surface area (Å²) >= 11 is 1.52. The minimum Gasteiger partial charge on any atom is -0.497 e. The number of amides is 1. The predicted molar refractivity (Wildman–Crippen MR) is 96.2 cm³/mol. The molecule has 0 heterocycles. The van der Waals surface area contributed by atoms with Crippen LogP contribution in [0.5, 0.6) is 5.75 Å². The van der Waals surface area contributed by atoms with Gasteiger partial charge in [0.15, 0.2) is 0 Å². The second-order valence-electron chi connectivity index (χ2n) is 5.61. The zero-order valence-electron chi connectivity index (χ0n) is 14.1. The molecule has 0 spiro atoms. The van der Waals surface area contributed by atoms with Gasteiger partial charge in [-0.3, -0.25) is 4.79 Å². The molecule has 0 saturated heterocycles. The molecule has 122 valence electrons. The molecule has 2 aromatic rings. The summed E-state index contributed by atoms with van der Waals surface area (Å²) in [4.78, 5) is 13.2. The minimum absolute atomic E-state index is 0.0135. The molecule has 0 saturated carbocycles. The molecule has 0 aromatic heterocycles. The van der Waals surface area contributed by atoms with Crippen LogP contribution in [0.15, 0.2) is 47.4 Å². The molecule has 3 nitrogen and oxygen atoms in total. The summed E-state index contributed by atoms with van der Waals surface area (Å²) < 4.78 is 5.13. The molecule has 1 unspecified atom stereocenters. The van der Waals surface area contributed by atoms with Crippen LogP contribution >= 0.6 is 11.8 Å². The molecular weight excluding hydrogens is 306 g/mol. The first-order chi connectivity index (χ1) is 11.0. The first kappa shape index (κ1) is 17.4. The number of benzene rings is 2. The van der Waals surface area contributed by atoms with Crippen LogP contribution in [0.3, 0.4) is 0 Å². The van der Waals surface area contributed by atoms with Crippen LogP contribution in [0.25, 0.3) is 0 Å². The summed E-state index contributed by atoms with van der Waals surface area (Å²) in [5, 5.41) is 3.06. The van der Waals surface area contributed by atoms with E-state index in [0.717, 1.165) is 10.6 Å². The maximum absolute atomic E-state index is 12.1.